The number of nitrogens with one attached hydrogen (secondary N) is 1. The average molecular weight is 378 g/mol. The molecule has 1 N–H and O–H groups in total. The van der Waals surface area contributed by atoms with Crippen molar-refractivity contribution < 1.29 is 13.9 Å². The summed E-state index contributed by atoms with van der Waals surface area (Å²) in [5, 5.41) is 3.65. The number of rotatable bonds is 5. The summed E-state index contributed by atoms with van der Waals surface area (Å²) in [5.74, 6) is 1.45. The SMILES string of the molecule is COC(=O)c1ccc(-c2ccc(CNC3CCCCCCC3)o2)cc1.Cl. The van der Waals surface area contributed by atoms with Crippen LogP contribution in [0.5, 0.6) is 0 Å². The Bertz CT molecular complexity index is 673. The predicted molar refractivity (Wildman–Crippen MR) is 106 cm³/mol. The van der Waals surface area contributed by atoms with Crippen LogP contribution in [0.4, 0.5) is 0 Å². The van der Waals surface area contributed by atoms with Crippen molar-refractivity contribution in [3.63, 3.8) is 0 Å². The molecule has 2 aromatic rings. The molecule has 1 fully saturated rings. The Morgan fingerprint density at radius 1 is 1.04 bits per heavy atom. The zero-order valence-corrected chi connectivity index (χ0v) is 16.1. The molecule has 1 aliphatic carbocycles. The summed E-state index contributed by atoms with van der Waals surface area (Å²) in [6.45, 7) is 0.769. The number of hydrogen-bond acceptors (Lipinski definition) is 4. The molecule has 1 saturated carbocycles. The normalized spacial score (nSPS) is 15.6. The minimum Gasteiger partial charge on any atom is -0.465 e. The van der Waals surface area contributed by atoms with Gasteiger partial charge in [0.15, 0.2) is 0 Å². The molecule has 142 valence electrons. The molecule has 0 amide bonds. The van der Waals surface area contributed by atoms with Gasteiger partial charge in [0.2, 0.25) is 0 Å². The number of furan rings is 1. The van der Waals surface area contributed by atoms with Crippen LogP contribution in [0.25, 0.3) is 11.3 Å². The standard InChI is InChI=1S/C21H27NO3.ClH/c1-24-21(23)17-11-9-16(10-12-17)20-14-13-19(25-20)15-22-18-7-5-3-2-4-6-8-18;/h9-14,18,22H,2-8,15H2,1H3;1H. The molecule has 4 nitrogen and oxygen atoms in total. The molecule has 5 heteroatoms. The van der Waals surface area contributed by atoms with Gasteiger partial charge in [-0.15, -0.1) is 12.4 Å². The second-order valence-corrected chi connectivity index (χ2v) is 6.76. The lowest BCUT2D eigenvalue weighted by atomic mass is 9.97. The van der Waals surface area contributed by atoms with E-state index in [0.29, 0.717) is 11.6 Å². The Kier molecular flexibility index (Phi) is 8.20. The second-order valence-electron chi connectivity index (χ2n) is 6.76. The first-order valence-corrected chi connectivity index (χ1v) is 9.27. The minimum absolute atomic E-state index is 0. The van der Waals surface area contributed by atoms with Crippen molar-refractivity contribution in [2.24, 2.45) is 0 Å². The molecule has 26 heavy (non-hydrogen) atoms. The maximum Gasteiger partial charge on any atom is 0.337 e. The van der Waals surface area contributed by atoms with E-state index in [0.717, 1.165) is 23.6 Å². The van der Waals surface area contributed by atoms with Crippen molar-refractivity contribution in [2.45, 2.75) is 57.5 Å². The van der Waals surface area contributed by atoms with E-state index in [2.05, 4.69) is 5.32 Å². The first-order chi connectivity index (χ1) is 12.3. The monoisotopic (exact) mass is 377 g/mol. The Morgan fingerprint density at radius 3 is 2.35 bits per heavy atom. The number of carbonyl (C=O) groups is 1. The first kappa shape index (κ1) is 20.5. The van der Waals surface area contributed by atoms with Gasteiger partial charge in [0.25, 0.3) is 0 Å². The highest BCUT2D eigenvalue weighted by Gasteiger charge is 2.12. The molecule has 0 radical (unpaired) electrons. The van der Waals surface area contributed by atoms with Crippen molar-refractivity contribution in [1.82, 2.24) is 5.32 Å². The molecule has 0 unspecified atom stereocenters. The number of benzene rings is 1. The van der Waals surface area contributed by atoms with Gasteiger partial charge in [0.05, 0.1) is 19.2 Å². The van der Waals surface area contributed by atoms with E-state index in [9.17, 15) is 4.79 Å². The van der Waals surface area contributed by atoms with Crippen LogP contribution in [-0.2, 0) is 11.3 Å². The highest BCUT2D eigenvalue weighted by atomic mass is 35.5. The summed E-state index contributed by atoms with van der Waals surface area (Å²) in [6, 6.07) is 11.9. The average Bonchev–Trinajstić information content (AvgIpc) is 3.09. The summed E-state index contributed by atoms with van der Waals surface area (Å²) in [6.07, 6.45) is 9.31. The van der Waals surface area contributed by atoms with Crippen molar-refractivity contribution in [3.05, 3.63) is 47.7 Å². The molecule has 0 aliphatic heterocycles. The van der Waals surface area contributed by atoms with Crippen molar-refractivity contribution >= 4 is 18.4 Å². The van der Waals surface area contributed by atoms with Crippen LogP contribution in [0, 0.1) is 0 Å². The molecule has 1 aromatic heterocycles. The Balaban J connectivity index is 0.00000243. The fraction of sp³-hybridized carbons (Fsp3) is 0.476. The number of ether oxygens (including phenoxy) is 1. The number of methoxy groups -OCH3 is 1. The minimum atomic E-state index is -0.324. The van der Waals surface area contributed by atoms with Crippen LogP contribution < -0.4 is 5.32 Å². The van der Waals surface area contributed by atoms with Gasteiger partial charge in [-0.1, -0.05) is 44.2 Å². The van der Waals surface area contributed by atoms with Crippen LogP contribution in [0.1, 0.15) is 61.1 Å². The van der Waals surface area contributed by atoms with Crippen LogP contribution >= 0.6 is 12.4 Å². The van der Waals surface area contributed by atoms with E-state index in [1.165, 1.54) is 52.1 Å². The lowest BCUT2D eigenvalue weighted by molar-refractivity contribution is 0.0600. The second kappa shape index (κ2) is 10.4. The Morgan fingerprint density at radius 2 is 1.69 bits per heavy atom. The van der Waals surface area contributed by atoms with Gasteiger partial charge in [-0.3, -0.25) is 0 Å². The van der Waals surface area contributed by atoms with E-state index in [4.69, 9.17) is 9.15 Å². The molecule has 1 aromatic carbocycles. The number of esters is 1. The third-order valence-corrected chi connectivity index (χ3v) is 4.92. The number of hydrogen-bond donors (Lipinski definition) is 1. The van der Waals surface area contributed by atoms with Crippen LogP contribution in [0.3, 0.4) is 0 Å². The summed E-state index contributed by atoms with van der Waals surface area (Å²) in [7, 11) is 1.39. The molecule has 0 bridgehead atoms. The van der Waals surface area contributed by atoms with Gasteiger partial charge in [-0.2, -0.15) is 0 Å². The van der Waals surface area contributed by atoms with Crippen LogP contribution in [-0.4, -0.2) is 19.1 Å². The Labute approximate surface area is 161 Å². The van der Waals surface area contributed by atoms with Crippen LogP contribution in [0.15, 0.2) is 40.8 Å². The topological polar surface area (TPSA) is 51.5 Å². The number of carbonyl (C=O) groups excluding carboxylic acids is 1. The van der Waals surface area contributed by atoms with Crippen molar-refractivity contribution in [2.75, 3.05) is 7.11 Å². The van der Waals surface area contributed by atoms with E-state index >= 15 is 0 Å². The number of halogens is 1. The van der Waals surface area contributed by atoms with Crippen molar-refractivity contribution in [3.8, 4) is 11.3 Å². The molecular formula is C21H28ClNO3. The van der Waals surface area contributed by atoms with Gasteiger partial charge < -0.3 is 14.5 Å². The summed E-state index contributed by atoms with van der Waals surface area (Å²) in [4.78, 5) is 11.5. The largest absolute Gasteiger partial charge is 0.465 e. The van der Waals surface area contributed by atoms with E-state index < -0.39 is 0 Å². The van der Waals surface area contributed by atoms with Gasteiger partial charge in [0, 0.05) is 11.6 Å². The van der Waals surface area contributed by atoms with Crippen LogP contribution in [0.2, 0.25) is 0 Å². The van der Waals surface area contributed by atoms with Gasteiger partial charge >= 0.3 is 5.97 Å². The van der Waals surface area contributed by atoms with E-state index in [1.54, 1.807) is 12.1 Å². The third-order valence-electron chi connectivity index (χ3n) is 4.92. The molecule has 1 aliphatic rings. The van der Waals surface area contributed by atoms with Crippen molar-refractivity contribution in [1.29, 1.82) is 0 Å². The highest BCUT2D eigenvalue weighted by molar-refractivity contribution is 5.89. The molecule has 0 atom stereocenters. The fourth-order valence-corrected chi connectivity index (χ4v) is 3.42. The maximum absolute atomic E-state index is 11.5. The van der Waals surface area contributed by atoms with Gasteiger partial charge in [0.1, 0.15) is 11.5 Å². The molecule has 0 spiro atoms. The predicted octanol–water partition coefficient (Wildman–Crippen LogP) is 5.36. The quantitative estimate of drug-likeness (QED) is 0.713. The smallest absolute Gasteiger partial charge is 0.337 e. The summed E-state index contributed by atoms with van der Waals surface area (Å²) < 4.78 is 10.7. The first-order valence-electron chi connectivity index (χ1n) is 9.27. The molecular weight excluding hydrogens is 350 g/mol. The van der Waals surface area contributed by atoms with Gasteiger partial charge in [-0.25, -0.2) is 4.79 Å². The Hall–Kier alpha value is -1.78. The molecule has 1 heterocycles. The lowest BCUT2D eigenvalue weighted by Gasteiger charge is -2.20. The van der Waals surface area contributed by atoms with Gasteiger partial charge in [-0.05, 0) is 37.1 Å². The molecule has 3 rings (SSSR count). The molecule has 0 saturated heterocycles. The lowest BCUT2D eigenvalue weighted by Crippen LogP contribution is -2.29. The third kappa shape index (κ3) is 5.61. The van der Waals surface area contributed by atoms with E-state index in [-0.39, 0.29) is 18.4 Å². The summed E-state index contributed by atoms with van der Waals surface area (Å²) >= 11 is 0. The van der Waals surface area contributed by atoms with E-state index in [1.807, 2.05) is 24.3 Å². The fourth-order valence-electron chi connectivity index (χ4n) is 3.42. The zero-order chi connectivity index (χ0) is 17.5. The summed E-state index contributed by atoms with van der Waals surface area (Å²) in [5.41, 5.74) is 1.51. The zero-order valence-electron chi connectivity index (χ0n) is 15.3. The highest BCUT2D eigenvalue weighted by Crippen LogP contribution is 2.23. The maximum atomic E-state index is 11.5.